The maximum atomic E-state index is 12.5. The summed E-state index contributed by atoms with van der Waals surface area (Å²) in [7, 11) is 0. The van der Waals surface area contributed by atoms with Gasteiger partial charge in [-0.3, -0.25) is 5.32 Å². The highest BCUT2D eigenvalue weighted by molar-refractivity contribution is 7.99. The molecule has 2 aromatic carbocycles. The fourth-order valence-electron chi connectivity index (χ4n) is 3.49. The molecule has 0 saturated heterocycles. The molecule has 0 atom stereocenters. The molecule has 0 radical (unpaired) electrons. The van der Waals surface area contributed by atoms with Gasteiger partial charge in [0.05, 0.1) is 35.9 Å². The highest BCUT2D eigenvalue weighted by Gasteiger charge is 2.27. The number of nitrogens with zero attached hydrogens (tertiary/aromatic N) is 4. The lowest BCUT2D eigenvalue weighted by molar-refractivity contribution is 0.218. The van der Waals surface area contributed by atoms with E-state index >= 15 is 0 Å². The SMILES string of the molecule is Cc1cc(NC(=O)N2CCC(CN3c4ccccc4Sc4ccccc43)=N2)on1. The van der Waals surface area contributed by atoms with Crippen LogP contribution >= 0.6 is 11.8 Å². The van der Waals surface area contributed by atoms with E-state index in [9.17, 15) is 4.79 Å². The zero-order chi connectivity index (χ0) is 19.8. The second-order valence-electron chi connectivity index (χ2n) is 6.93. The summed E-state index contributed by atoms with van der Waals surface area (Å²) in [5.74, 6) is 0.326. The van der Waals surface area contributed by atoms with Gasteiger partial charge in [0.2, 0.25) is 5.88 Å². The average Bonchev–Trinajstić information content (AvgIpc) is 3.37. The summed E-state index contributed by atoms with van der Waals surface area (Å²) in [5.41, 5.74) is 4.01. The number of urea groups is 1. The molecule has 0 spiro atoms. The minimum Gasteiger partial charge on any atom is -0.338 e. The molecule has 0 saturated carbocycles. The van der Waals surface area contributed by atoms with Crippen LogP contribution in [0.3, 0.4) is 0 Å². The lowest BCUT2D eigenvalue weighted by atomic mass is 10.2. The first-order valence-electron chi connectivity index (χ1n) is 9.39. The Morgan fingerprint density at radius 2 is 1.83 bits per heavy atom. The third-order valence-corrected chi connectivity index (χ3v) is 5.97. The Labute approximate surface area is 172 Å². The summed E-state index contributed by atoms with van der Waals surface area (Å²) in [5, 5.41) is 12.5. The third kappa shape index (κ3) is 3.47. The van der Waals surface area contributed by atoms with Crippen molar-refractivity contribution in [2.45, 2.75) is 23.1 Å². The normalized spacial score (nSPS) is 15.0. The monoisotopic (exact) mass is 405 g/mol. The van der Waals surface area contributed by atoms with Gasteiger partial charge in [-0.2, -0.15) is 5.10 Å². The number of para-hydroxylation sites is 2. The van der Waals surface area contributed by atoms with E-state index in [1.807, 2.05) is 0 Å². The van der Waals surface area contributed by atoms with Crippen molar-refractivity contribution in [3.63, 3.8) is 0 Å². The Bertz CT molecular complexity index is 1060. The number of aromatic nitrogens is 1. The van der Waals surface area contributed by atoms with Gasteiger partial charge in [0.15, 0.2) is 0 Å². The maximum absolute atomic E-state index is 12.5. The van der Waals surface area contributed by atoms with E-state index in [1.54, 1.807) is 24.8 Å². The zero-order valence-electron chi connectivity index (χ0n) is 15.8. The van der Waals surface area contributed by atoms with Crippen molar-refractivity contribution in [1.29, 1.82) is 0 Å². The summed E-state index contributed by atoms with van der Waals surface area (Å²) < 4.78 is 5.05. The van der Waals surface area contributed by atoms with Gasteiger partial charge in [-0.05, 0) is 31.2 Å². The van der Waals surface area contributed by atoms with Crippen molar-refractivity contribution in [3.8, 4) is 0 Å². The molecule has 8 heteroatoms. The second kappa shape index (κ2) is 7.29. The zero-order valence-corrected chi connectivity index (χ0v) is 16.6. The predicted octanol–water partition coefficient (Wildman–Crippen LogP) is 4.88. The molecular formula is C21H19N5O2S. The van der Waals surface area contributed by atoms with Gasteiger partial charge in [0, 0.05) is 22.3 Å². The number of amides is 2. The first-order valence-corrected chi connectivity index (χ1v) is 10.2. The van der Waals surface area contributed by atoms with Crippen molar-refractivity contribution in [2.75, 3.05) is 23.3 Å². The van der Waals surface area contributed by atoms with Crippen LogP contribution in [-0.4, -0.2) is 35.0 Å². The molecule has 0 bridgehead atoms. The second-order valence-corrected chi connectivity index (χ2v) is 8.01. The number of benzene rings is 2. The molecule has 0 unspecified atom stereocenters. The smallest absolute Gasteiger partial charge is 0.338 e. The van der Waals surface area contributed by atoms with Crippen LogP contribution in [-0.2, 0) is 0 Å². The summed E-state index contributed by atoms with van der Waals surface area (Å²) in [6.07, 6.45) is 0.733. The lowest BCUT2D eigenvalue weighted by Crippen LogP contribution is -2.28. The lowest BCUT2D eigenvalue weighted by Gasteiger charge is -2.32. The first kappa shape index (κ1) is 17.8. The van der Waals surface area contributed by atoms with E-state index in [0.717, 1.165) is 12.1 Å². The molecule has 3 heterocycles. The van der Waals surface area contributed by atoms with Gasteiger partial charge < -0.3 is 9.42 Å². The maximum Gasteiger partial charge on any atom is 0.344 e. The molecule has 0 fully saturated rings. The van der Waals surface area contributed by atoms with Gasteiger partial charge in [-0.1, -0.05) is 41.2 Å². The molecule has 5 rings (SSSR count). The number of rotatable bonds is 3. The number of hydrogen-bond acceptors (Lipinski definition) is 6. The van der Waals surface area contributed by atoms with E-state index in [2.05, 4.69) is 69.0 Å². The molecule has 2 aliphatic rings. The summed E-state index contributed by atoms with van der Waals surface area (Å²) in [6.45, 7) is 2.98. The highest BCUT2D eigenvalue weighted by atomic mass is 32.2. The van der Waals surface area contributed by atoms with Crippen molar-refractivity contribution in [2.24, 2.45) is 5.10 Å². The van der Waals surface area contributed by atoms with Crippen LogP contribution in [0, 0.1) is 6.92 Å². The van der Waals surface area contributed by atoms with Crippen LogP contribution in [0.2, 0.25) is 0 Å². The Kier molecular flexibility index (Phi) is 4.48. The largest absolute Gasteiger partial charge is 0.344 e. The predicted molar refractivity (Wildman–Crippen MR) is 113 cm³/mol. The van der Waals surface area contributed by atoms with Crippen molar-refractivity contribution >= 4 is 40.8 Å². The van der Waals surface area contributed by atoms with Crippen LogP contribution in [0.1, 0.15) is 12.1 Å². The summed E-state index contributed by atoms with van der Waals surface area (Å²) in [4.78, 5) is 17.2. The van der Waals surface area contributed by atoms with E-state index in [0.29, 0.717) is 24.7 Å². The molecule has 1 aromatic heterocycles. The molecular weight excluding hydrogens is 386 g/mol. The number of carbonyl (C=O) groups excluding carboxylic acids is 1. The fourth-order valence-corrected chi connectivity index (χ4v) is 4.59. The van der Waals surface area contributed by atoms with Gasteiger partial charge >= 0.3 is 6.03 Å². The average molecular weight is 405 g/mol. The molecule has 2 amide bonds. The number of anilines is 3. The van der Waals surface area contributed by atoms with E-state index < -0.39 is 0 Å². The molecule has 0 aliphatic carbocycles. The fraction of sp³-hybridized carbons (Fsp3) is 0.190. The third-order valence-electron chi connectivity index (χ3n) is 4.84. The Morgan fingerprint density at radius 1 is 1.14 bits per heavy atom. The van der Waals surface area contributed by atoms with Crippen molar-refractivity contribution < 1.29 is 9.32 Å². The van der Waals surface area contributed by atoms with Crippen LogP contribution in [0.4, 0.5) is 22.1 Å². The van der Waals surface area contributed by atoms with E-state index in [-0.39, 0.29) is 6.03 Å². The minimum atomic E-state index is -0.314. The Morgan fingerprint density at radius 3 is 2.48 bits per heavy atom. The first-order chi connectivity index (χ1) is 14.2. The number of hydrogen-bond donors (Lipinski definition) is 1. The minimum absolute atomic E-state index is 0.314. The van der Waals surface area contributed by atoms with Gasteiger partial charge in [-0.15, -0.1) is 0 Å². The molecule has 146 valence electrons. The Balaban J connectivity index is 1.37. The summed E-state index contributed by atoms with van der Waals surface area (Å²) in [6, 6.07) is 18.1. The molecule has 2 aliphatic heterocycles. The quantitative estimate of drug-likeness (QED) is 0.672. The molecule has 7 nitrogen and oxygen atoms in total. The van der Waals surface area contributed by atoms with E-state index in [1.165, 1.54) is 26.2 Å². The van der Waals surface area contributed by atoms with Crippen molar-refractivity contribution in [1.82, 2.24) is 10.2 Å². The van der Waals surface area contributed by atoms with Crippen LogP contribution in [0.15, 0.2) is 74.0 Å². The number of aryl methyl sites for hydroxylation is 1. The molecule has 1 N–H and O–H groups in total. The number of nitrogens with one attached hydrogen (secondary N) is 1. The van der Waals surface area contributed by atoms with Crippen molar-refractivity contribution in [3.05, 3.63) is 60.3 Å². The van der Waals surface area contributed by atoms with Gasteiger partial charge in [-0.25, -0.2) is 9.80 Å². The number of fused-ring (bicyclic) bond motifs is 2. The topological polar surface area (TPSA) is 74.0 Å². The highest BCUT2D eigenvalue weighted by Crippen LogP contribution is 2.47. The Hall–Kier alpha value is -3.26. The van der Waals surface area contributed by atoms with Crippen LogP contribution in [0.25, 0.3) is 0 Å². The number of carbonyl (C=O) groups is 1. The number of hydrazone groups is 1. The van der Waals surface area contributed by atoms with E-state index in [4.69, 9.17) is 4.52 Å². The van der Waals surface area contributed by atoms with Crippen LogP contribution < -0.4 is 10.2 Å². The summed E-state index contributed by atoms with van der Waals surface area (Å²) >= 11 is 1.78. The van der Waals surface area contributed by atoms with Crippen LogP contribution in [0.5, 0.6) is 0 Å². The molecule has 29 heavy (non-hydrogen) atoms. The standard InChI is InChI=1S/C21H19N5O2S/c1-14-12-20(28-24-14)22-21(27)26-11-10-15(23-26)13-25-16-6-2-4-8-18(16)29-19-9-5-3-7-17(19)25/h2-9,12H,10-11,13H2,1H3,(H,22,27). The molecule has 3 aromatic rings. The van der Waals surface area contributed by atoms with Gasteiger partial charge in [0.25, 0.3) is 0 Å². The van der Waals surface area contributed by atoms with Gasteiger partial charge in [0.1, 0.15) is 0 Å².